The second-order valence-corrected chi connectivity index (χ2v) is 2.70. The second-order valence-electron chi connectivity index (χ2n) is 2.70. The van der Waals surface area contributed by atoms with Gasteiger partial charge in [-0.1, -0.05) is 13.8 Å². The van der Waals surface area contributed by atoms with Crippen LogP contribution in [0.3, 0.4) is 0 Å². The van der Waals surface area contributed by atoms with Crippen molar-refractivity contribution in [2.45, 2.75) is 33.1 Å². The van der Waals surface area contributed by atoms with Crippen molar-refractivity contribution >= 4 is 0 Å². The normalized spacial score (nSPS) is 9.00. The predicted octanol–water partition coefficient (Wildman–Crippen LogP) is 2.78. The van der Waals surface area contributed by atoms with Gasteiger partial charge < -0.3 is 19.3 Å². The van der Waals surface area contributed by atoms with Gasteiger partial charge in [-0.05, 0) is 32.5 Å². The summed E-state index contributed by atoms with van der Waals surface area (Å²) < 4.78 is 0. The predicted molar refractivity (Wildman–Crippen MR) is 53.4 cm³/mol. The van der Waals surface area contributed by atoms with E-state index in [0.29, 0.717) is 0 Å². The van der Waals surface area contributed by atoms with E-state index in [1.54, 1.807) is 0 Å². The molecule has 0 amide bonds. The van der Waals surface area contributed by atoms with Crippen molar-refractivity contribution in [1.82, 2.24) is 4.90 Å². The fourth-order valence-electron chi connectivity index (χ4n) is 1.19. The van der Waals surface area contributed by atoms with Gasteiger partial charge in [0.15, 0.2) is 0 Å². The van der Waals surface area contributed by atoms with Gasteiger partial charge in [-0.3, -0.25) is 0 Å². The molecule has 0 spiro atoms. The molecule has 0 aliphatic carbocycles. The van der Waals surface area contributed by atoms with E-state index >= 15 is 0 Å². The Morgan fingerprint density at radius 3 is 1.67 bits per heavy atom. The first kappa shape index (κ1) is 18.4. The first-order chi connectivity index (χ1) is 4.85. The number of hydrogen-bond acceptors (Lipinski definition) is 1. The van der Waals surface area contributed by atoms with Gasteiger partial charge in [-0.15, -0.1) is 0 Å². The minimum Gasteiger partial charge on any atom is -0.358 e. The van der Waals surface area contributed by atoms with Crippen LogP contribution in [0.15, 0.2) is 0 Å². The minimum absolute atomic E-state index is 0. The third-order valence-corrected chi connectivity index (χ3v) is 1.55. The topological polar surface area (TPSA) is 3.24 Å². The summed E-state index contributed by atoms with van der Waals surface area (Å²) in [5, 5.41) is 0. The molecule has 0 aliphatic rings. The molecular weight excluding hydrogens is 200 g/mol. The molecule has 0 rings (SSSR count). The van der Waals surface area contributed by atoms with Crippen molar-refractivity contribution in [2.75, 3.05) is 19.6 Å². The molecule has 0 radical (unpaired) electrons. The Labute approximate surface area is 91.7 Å². The maximum absolute atomic E-state index is 3.85. The molecule has 0 bridgehead atoms. The van der Waals surface area contributed by atoms with Crippen LogP contribution in [0.25, 0.3) is 0 Å². The molecule has 70 valence electrons. The van der Waals surface area contributed by atoms with Gasteiger partial charge in [0, 0.05) is 0 Å². The Hall–Kier alpha value is 0.583. The van der Waals surface area contributed by atoms with Gasteiger partial charge in [-0.25, -0.2) is 0 Å². The van der Waals surface area contributed by atoms with Crippen molar-refractivity contribution in [2.24, 2.45) is 0 Å². The molecule has 0 aliphatic heterocycles. The number of rotatable bonds is 6. The molecule has 0 saturated heterocycles. The Kier molecular flexibility index (Phi) is 21.6. The summed E-state index contributed by atoms with van der Waals surface area (Å²) in [6, 6.07) is 0. The molecule has 0 aromatic heterocycles. The maximum atomic E-state index is 3.85. The van der Waals surface area contributed by atoms with Crippen LogP contribution in [0, 0.1) is 14.4 Å². The van der Waals surface area contributed by atoms with Crippen molar-refractivity contribution in [3.05, 3.63) is 14.4 Å². The largest absolute Gasteiger partial charge is 2.00 e. The van der Waals surface area contributed by atoms with Crippen LogP contribution in [-0.2, 0) is 19.5 Å². The third-order valence-electron chi connectivity index (χ3n) is 1.55. The van der Waals surface area contributed by atoms with Gasteiger partial charge in [-0.2, -0.15) is 6.42 Å². The zero-order valence-electron chi connectivity index (χ0n) is 9.10. The van der Waals surface area contributed by atoms with Crippen molar-refractivity contribution in [1.29, 1.82) is 0 Å². The molecule has 0 fully saturated rings. The van der Waals surface area contributed by atoms with Crippen molar-refractivity contribution in [3.63, 3.8) is 0 Å². The first-order valence-corrected chi connectivity index (χ1v) is 4.36. The van der Waals surface area contributed by atoms with Crippen LogP contribution in [0.1, 0.15) is 33.1 Å². The van der Waals surface area contributed by atoms with E-state index in [4.69, 9.17) is 0 Å². The fraction of sp³-hybridized carbons (Fsp3) is 0.800. The number of nitrogens with zero attached hydrogens (tertiary/aromatic N) is 1. The van der Waals surface area contributed by atoms with E-state index in [1.807, 2.05) is 0 Å². The minimum atomic E-state index is 0. The van der Waals surface area contributed by atoms with Gasteiger partial charge in [0.2, 0.25) is 0 Å². The zero-order valence-corrected chi connectivity index (χ0v) is 12.1. The Morgan fingerprint density at radius 2 is 1.42 bits per heavy atom. The smallest absolute Gasteiger partial charge is 0.358 e. The number of hydrogen-bond donors (Lipinski definition) is 0. The van der Waals surface area contributed by atoms with Crippen LogP contribution in [0.4, 0.5) is 0 Å². The van der Waals surface area contributed by atoms with E-state index < -0.39 is 0 Å². The molecule has 0 unspecified atom stereocenters. The molecule has 1 nitrogen and oxygen atoms in total. The summed E-state index contributed by atoms with van der Waals surface area (Å²) in [6.07, 6.45) is 3.57. The first-order valence-electron chi connectivity index (χ1n) is 4.36. The van der Waals surface area contributed by atoms with E-state index in [-0.39, 0.29) is 26.9 Å². The summed E-state index contributed by atoms with van der Waals surface area (Å²) in [4.78, 5) is 2.48. The molecule has 0 N–H and O–H groups in total. The molecule has 0 heterocycles. The quantitative estimate of drug-likeness (QED) is 0.494. The van der Waals surface area contributed by atoms with E-state index in [0.717, 1.165) is 6.42 Å². The van der Waals surface area contributed by atoms with Crippen molar-refractivity contribution < 1.29 is 19.5 Å². The van der Waals surface area contributed by atoms with Gasteiger partial charge in [0.1, 0.15) is 0 Å². The summed E-state index contributed by atoms with van der Waals surface area (Å²) >= 11 is 0. The van der Waals surface area contributed by atoms with E-state index in [9.17, 15) is 0 Å². The van der Waals surface area contributed by atoms with Crippen LogP contribution in [0.5, 0.6) is 0 Å². The summed E-state index contributed by atoms with van der Waals surface area (Å²) in [5.41, 5.74) is 0. The average Bonchev–Trinajstić information content (AvgIpc) is 1.90. The summed E-state index contributed by atoms with van der Waals surface area (Å²) in [7, 11) is 0. The molecule has 12 heavy (non-hydrogen) atoms. The van der Waals surface area contributed by atoms with E-state index in [1.165, 1.54) is 32.5 Å². The van der Waals surface area contributed by atoms with Gasteiger partial charge in [0.05, 0.1) is 0 Å². The Balaban J connectivity index is -0.000000405. The van der Waals surface area contributed by atoms with Crippen LogP contribution >= 0.6 is 0 Å². The van der Waals surface area contributed by atoms with Crippen LogP contribution < -0.4 is 0 Å². The zero-order chi connectivity index (χ0) is 7.82. The Bertz CT molecular complexity index is 52.6. The molecule has 0 aromatic carbocycles. The SMILES string of the molecule is [CH2-]CCN(CCC)CCC.[CH3-].[Zn+2]. The molecule has 0 atom stereocenters. The fourth-order valence-corrected chi connectivity index (χ4v) is 1.19. The molecule has 0 saturated carbocycles. The second kappa shape index (κ2) is 14.1. The average molecular weight is 223 g/mol. The van der Waals surface area contributed by atoms with Crippen LogP contribution in [-0.4, -0.2) is 24.5 Å². The molecule has 0 aromatic rings. The summed E-state index contributed by atoms with van der Waals surface area (Å²) in [6.45, 7) is 12.0. The Morgan fingerprint density at radius 1 is 1.00 bits per heavy atom. The summed E-state index contributed by atoms with van der Waals surface area (Å²) in [5.74, 6) is 0. The van der Waals surface area contributed by atoms with Crippen molar-refractivity contribution in [3.8, 4) is 0 Å². The molecule has 2 heteroatoms. The third kappa shape index (κ3) is 10.6. The monoisotopic (exact) mass is 221 g/mol. The standard InChI is InChI=1S/C9H20N.CH3.Zn/c1-4-7-10(8-5-2)9-6-3;;/h1,4-9H2,2-3H3;1H3;/q2*-1;+2. The molecular formula is C10H23NZn. The van der Waals surface area contributed by atoms with Gasteiger partial charge in [0.25, 0.3) is 0 Å². The van der Waals surface area contributed by atoms with Crippen LogP contribution in [0.2, 0.25) is 0 Å². The van der Waals surface area contributed by atoms with E-state index in [2.05, 4.69) is 25.7 Å². The van der Waals surface area contributed by atoms with Gasteiger partial charge >= 0.3 is 19.5 Å². The maximum Gasteiger partial charge on any atom is 2.00 e.